The number of nitrogens with zero attached hydrogens (tertiary/aromatic N) is 9. The number of anilines is 2. The van der Waals surface area contributed by atoms with E-state index in [0.29, 0.717) is 51.1 Å². The minimum Gasteiger partial charge on any atom is -0.386 e. The molecule has 1 aliphatic carbocycles. The Morgan fingerprint density at radius 1 is 0.877 bits per heavy atom. The lowest BCUT2D eigenvalue weighted by Crippen LogP contribution is -2.54. The Balaban J connectivity index is 0.700. The highest BCUT2D eigenvalue weighted by molar-refractivity contribution is 6.23. The summed E-state index contributed by atoms with van der Waals surface area (Å²) in [5.41, 5.74) is 3.48. The van der Waals surface area contributed by atoms with Gasteiger partial charge in [-0.15, -0.1) is 0 Å². The first-order valence-electron chi connectivity index (χ1n) is 22.8. The average Bonchev–Trinajstić information content (AvgIpc) is 3.99. The molecule has 10 rings (SSSR count). The average molecular weight is 880 g/mol. The minimum atomic E-state index is -1.24. The molecule has 2 aromatic carbocycles. The smallest absolute Gasteiger partial charge is 0.274 e. The second kappa shape index (κ2) is 16.8. The molecule has 0 radical (unpaired) electrons. The molecule has 1 saturated carbocycles. The van der Waals surface area contributed by atoms with E-state index in [0.717, 1.165) is 106 Å². The maximum atomic E-state index is 13.5. The van der Waals surface area contributed by atoms with E-state index in [9.17, 15) is 34.3 Å². The van der Waals surface area contributed by atoms with E-state index in [2.05, 4.69) is 47.4 Å². The lowest BCUT2D eigenvalue weighted by Gasteiger charge is -2.44. The summed E-state index contributed by atoms with van der Waals surface area (Å²) in [5, 5.41) is 35.8. The molecule has 17 nitrogen and oxygen atoms in total. The van der Waals surface area contributed by atoms with Crippen molar-refractivity contribution in [1.82, 2.24) is 39.4 Å². The minimum absolute atomic E-state index is 0.0934. The summed E-state index contributed by atoms with van der Waals surface area (Å²) in [6.07, 6.45) is 10.1. The Hall–Kier alpha value is -6.48. The van der Waals surface area contributed by atoms with Crippen molar-refractivity contribution < 1.29 is 29.1 Å². The molecule has 5 aromatic rings. The van der Waals surface area contributed by atoms with Crippen LogP contribution in [0.1, 0.15) is 114 Å². The first kappa shape index (κ1) is 42.5. The number of rotatable bonds is 9. The van der Waals surface area contributed by atoms with Crippen LogP contribution in [0.3, 0.4) is 0 Å². The Bertz CT molecular complexity index is 2780. The number of imide groups is 2. The fourth-order valence-electron chi connectivity index (χ4n) is 10.7. The second-order valence-corrected chi connectivity index (χ2v) is 18.9. The van der Waals surface area contributed by atoms with Gasteiger partial charge in [-0.2, -0.15) is 15.5 Å². The van der Waals surface area contributed by atoms with Crippen LogP contribution in [0.2, 0.25) is 0 Å². The molecule has 0 bridgehead atoms. The van der Waals surface area contributed by atoms with Crippen LogP contribution < -0.4 is 15.5 Å². The molecule has 3 saturated heterocycles. The molecule has 17 heteroatoms. The number of hydrogen-bond acceptors (Lipinski definition) is 12. The molecule has 1 unspecified atom stereocenters. The van der Waals surface area contributed by atoms with Crippen LogP contribution >= 0.6 is 0 Å². The molecule has 4 fully saturated rings. The number of piperazine rings is 1. The zero-order chi connectivity index (χ0) is 45.1. The number of nitrogens with one attached hydrogen (secondary N) is 2. The van der Waals surface area contributed by atoms with Gasteiger partial charge in [0.25, 0.3) is 17.7 Å². The van der Waals surface area contributed by atoms with Crippen LogP contribution in [-0.2, 0) is 15.2 Å². The zero-order valence-corrected chi connectivity index (χ0v) is 36.7. The standard InChI is InChI=1S/C48H53N11O6/c1-48(2,65)38-24-39-31(22-40(38)51-45(62)42-10-8-35-21-30(25-49)26-50-59(35)42)28-57(53-39)33-5-3-29(4-6-33)27-54-17-19-56(20-18-54)32-13-15-55(16-14-32)34-7-9-36-37(23-34)47(64)58(46(36)63)41-11-12-43(60)52-44(41)61/h7-10,21-24,26,28-29,32-33,41,65H,3-6,11-20,27H2,1-2H3,(H,51,62)(H,52,60,61). The van der Waals surface area contributed by atoms with Crippen LogP contribution in [-0.4, -0.2) is 127 Å². The third kappa shape index (κ3) is 8.15. The van der Waals surface area contributed by atoms with Crippen LogP contribution in [0.25, 0.3) is 16.4 Å². The van der Waals surface area contributed by atoms with Gasteiger partial charge >= 0.3 is 0 Å². The molecule has 3 N–H and O–H groups in total. The van der Waals surface area contributed by atoms with Crippen molar-refractivity contribution in [2.75, 3.05) is 56.0 Å². The quantitative estimate of drug-likeness (QED) is 0.176. The Morgan fingerprint density at radius 3 is 2.35 bits per heavy atom. The van der Waals surface area contributed by atoms with Gasteiger partial charge < -0.3 is 20.2 Å². The molecule has 1 atom stereocenters. The molecule has 336 valence electrons. The van der Waals surface area contributed by atoms with E-state index in [-0.39, 0.29) is 30.7 Å². The van der Waals surface area contributed by atoms with Crippen molar-refractivity contribution in [3.05, 3.63) is 88.9 Å². The van der Waals surface area contributed by atoms with Crippen LogP contribution in [0.4, 0.5) is 11.4 Å². The van der Waals surface area contributed by atoms with Crippen LogP contribution in [0, 0.1) is 17.2 Å². The maximum absolute atomic E-state index is 13.5. The number of hydrogen-bond donors (Lipinski definition) is 3. The van der Waals surface area contributed by atoms with E-state index < -0.39 is 29.4 Å². The van der Waals surface area contributed by atoms with Crippen molar-refractivity contribution in [2.45, 2.75) is 88.9 Å². The third-order valence-corrected chi connectivity index (χ3v) is 14.3. The predicted molar refractivity (Wildman–Crippen MR) is 240 cm³/mol. The van der Waals surface area contributed by atoms with Gasteiger partial charge in [0.2, 0.25) is 11.8 Å². The number of aromatic nitrogens is 4. The summed E-state index contributed by atoms with van der Waals surface area (Å²) in [6, 6.07) is 16.1. The van der Waals surface area contributed by atoms with Gasteiger partial charge in [0.1, 0.15) is 17.8 Å². The summed E-state index contributed by atoms with van der Waals surface area (Å²) in [6.45, 7) is 10.4. The van der Waals surface area contributed by atoms with Gasteiger partial charge in [-0.1, -0.05) is 0 Å². The second-order valence-electron chi connectivity index (χ2n) is 18.9. The summed E-state index contributed by atoms with van der Waals surface area (Å²) in [4.78, 5) is 72.9. The lowest BCUT2D eigenvalue weighted by molar-refractivity contribution is -0.136. The van der Waals surface area contributed by atoms with Crippen molar-refractivity contribution in [3.63, 3.8) is 0 Å². The zero-order valence-electron chi connectivity index (χ0n) is 36.7. The van der Waals surface area contributed by atoms with Gasteiger partial charge in [-0.05, 0) is 113 Å². The number of amides is 5. The number of aliphatic hydroxyl groups is 1. The SMILES string of the molecule is CC(C)(O)c1cc2nn(C3CCC(CN4CCN(C5CCN(c6ccc7c(c6)C(=O)N(C6CCC(=O)NC6=O)C7=O)CC5)CC4)CC3)cc2cc1NC(=O)c1ccc2cc(C#N)cnn12. The first-order chi connectivity index (χ1) is 31.3. The Labute approximate surface area is 375 Å². The molecular formula is C48H53N11O6. The number of fused-ring (bicyclic) bond motifs is 3. The van der Waals surface area contributed by atoms with Crippen LogP contribution in [0.15, 0.2) is 60.9 Å². The Morgan fingerprint density at radius 2 is 1.63 bits per heavy atom. The lowest BCUT2D eigenvalue weighted by atomic mass is 9.85. The topological polar surface area (TPSA) is 202 Å². The highest BCUT2D eigenvalue weighted by Crippen LogP contribution is 2.37. The highest BCUT2D eigenvalue weighted by atomic mass is 16.3. The summed E-state index contributed by atoms with van der Waals surface area (Å²) in [5.74, 6) is -1.70. The molecule has 5 aliphatic rings. The van der Waals surface area contributed by atoms with Gasteiger partial charge in [-0.25, -0.2) is 4.52 Å². The number of piperidine rings is 2. The van der Waals surface area contributed by atoms with E-state index in [4.69, 9.17) is 5.10 Å². The molecule has 5 amide bonds. The fraction of sp³-hybridized carbons (Fsp3) is 0.458. The molecular weight excluding hydrogens is 827 g/mol. The summed E-state index contributed by atoms with van der Waals surface area (Å²) < 4.78 is 3.57. The maximum Gasteiger partial charge on any atom is 0.274 e. The number of nitriles is 1. The van der Waals surface area contributed by atoms with Crippen molar-refractivity contribution in [3.8, 4) is 6.07 Å². The number of carbonyl (C=O) groups is 5. The summed E-state index contributed by atoms with van der Waals surface area (Å²) in [7, 11) is 0. The van der Waals surface area contributed by atoms with E-state index >= 15 is 0 Å². The number of benzene rings is 2. The van der Waals surface area contributed by atoms with E-state index in [1.807, 2.05) is 18.2 Å². The van der Waals surface area contributed by atoms with Crippen molar-refractivity contribution in [1.29, 1.82) is 5.26 Å². The molecule has 0 spiro atoms. The summed E-state index contributed by atoms with van der Waals surface area (Å²) >= 11 is 0. The van der Waals surface area contributed by atoms with Gasteiger partial charge in [-0.3, -0.25) is 43.8 Å². The normalized spacial score (nSPS) is 22.7. The van der Waals surface area contributed by atoms with Gasteiger partial charge in [0.15, 0.2) is 0 Å². The largest absolute Gasteiger partial charge is 0.386 e. The van der Waals surface area contributed by atoms with Gasteiger partial charge in [0.05, 0.1) is 45.6 Å². The first-order valence-corrected chi connectivity index (χ1v) is 22.8. The predicted octanol–water partition coefficient (Wildman–Crippen LogP) is 4.45. The Kier molecular flexibility index (Phi) is 11.0. The molecule has 4 aliphatic heterocycles. The highest BCUT2D eigenvalue weighted by Gasteiger charge is 2.45. The number of carbonyl (C=O) groups excluding carboxylic acids is 5. The monoisotopic (exact) mass is 879 g/mol. The van der Waals surface area contributed by atoms with Crippen LogP contribution in [0.5, 0.6) is 0 Å². The van der Waals surface area contributed by atoms with Crippen molar-refractivity contribution >= 4 is 57.3 Å². The van der Waals surface area contributed by atoms with E-state index in [1.54, 1.807) is 44.2 Å². The molecule has 7 heterocycles. The third-order valence-electron chi connectivity index (χ3n) is 14.3. The molecule has 65 heavy (non-hydrogen) atoms. The molecule has 3 aromatic heterocycles. The van der Waals surface area contributed by atoms with Gasteiger partial charge in [0, 0.05) is 86.8 Å². The van der Waals surface area contributed by atoms with E-state index in [1.165, 1.54) is 10.7 Å². The van der Waals surface area contributed by atoms with Crippen molar-refractivity contribution in [2.24, 2.45) is 5.92 Å². The fourth-order valence-corrected chi connectivity index (χ4v) is 10.7.